The number of benzene rings is 1. The van der Waals surface area contributed by atoms with Gasteiger partial charge >= 0.3 is 0 Å². The molecule has 0 aromatic heterocycles. The SMILES string of the molecule is C=C(O)/C(C=N)=C(/Nc1cccc(C2CCCCC2)c1)C1CC1/C(=C/C(C)C)N=N. The van der Waals surface area contributed by atoms with Gasteiger partial charge in [-0.05, 0) is 48.8 Å². The second kappa shape index (κ2) is 9.88. The van der Waals surface area contributed by atoms with E-state index >= 15 is 0 Å². The first-order valence-electron chi connectivity index (χ1n) is 11.0. The third-order valence-electron chi connectivity index (χ3n) is 6.16. The highest BCUT2D eigenvalue weighted by molar-refractivity contribution is 5.83. The molecule has 0 bridgehead atoms. The van der Waals surface area contributed by atoms with Gasteiger partial charge in [-0.2, -0.15) is 5.11 Å². The quantitative estimate of drug-likeness (QED) is 0.150. The fourth-order valence-corrected chi connectivity index (χ4v) is 4.56. The fourth-order valence-electron chi connectivity index (χ4n) is 4.56. The molecule has 0 heterocycles. The number of aliphatic hydroxyl groups is 1. The minimum atomic E-state index is -0.112. The number of hydrogen-bond donors (Lipinski definition) is 4. The van der Waals surface area contributed by atoms with E-state index in [0.717, 1.165) is 29.7 Å². The summed E-state index contributed by atoms with van der Waals surface area (Å²) >= 11 is 0. The third kappa shape index (κ3) is 5.26. The molecule has 0 spiro atoms. The van der Waals surface area contributed by atoms with E-state index in [1.54, 1.807) is 0 Å². The zero-order valence-electron chi connectivity index (χ0n) is 18.1. The minimum Gasteiger partial charge on any atom is -0.508 e. The van der Waals surface area contributed by atoms with E-state index in [2.05, 4.69) is 49.1 Å². The predicted molar refractivity (Wildman–Crippen MR) is 123 cm³/mol. The van der Waals surface area contributed by atoms with Gasteiger partial charge < -0.3 is 15.8 Å². The van der Waals surface area contributed by atoms with Gasteiger partial charge in [-0.3, -0.25) is 0 Å². The van der Waals surface area contributed by atoms with Crippen molar-refractivity contribution in [3.8, 4) is 0 Å². The molecule has 2 atom stereocenters. The summed E-state index contributed by atoms with van der Waals surface area (Å²) in [5, 5.41) is 25.2. The Morgan fingerprint density at radius 3 is 2.57 bits per heavy atom. The van der Waals surface area contributed by atoms with Gasteiger partial charge in [0, 0.05) is 29.4 Å². The van der Waals surface area contributed by atoms with Gasteiger partial charge in [-0.15, -0.1) is 0 Å². The summed E-state index contributed by atoms with van der Waals surface area (Å²) in [6, 6.07) is 8.52. The van der Waals surface area contributed by atoms with E-state index in [0.29, 0.717) is 17.4 Å². The molecule has 4 N–H and O–H groups in total. The summed E-state index contributed by atoms with van der Waals surface area (Å²) in [5.74, 6) is 1.03. The Kier molecular flexibility index (Phi) is 7.24. The van der Waals surface area contributed by atoms with Crippen molar-refractivity contribution in [3.05, 3.63) is 65.2 Å². The molecule has 5 nitrogen and oxygen atoms in total. The number of anilines is 1. The molecular weight excluding hydrogens is 372 g/mol. The van der Waals surface area contributed by atoms with E-state index in [9.17, 15) is 5.11 Å². The molecule has 0 amide bonds. The zero-order chi connectivity index (χ0) is 21.7. The molecule has 1 aromatic carbocycles. The number of aliphatic hydroxyl groups excluding tert-OH is 1. The summed E-state index contributed by atoms with van der Waals surface area (Å²) in [5.41, 5.74) is 11.9. The van der Waals surface area contributed by atoms with Crippen LogP contribution in [0.15, 0.2) is 64.8 Å². The molecule has 160 valence electrons. The molecule has 5 heteroatoms. The predicted octanol–water partition coefficient (Wildman–Crippen LogP) is 7.33. The van der Waals surface area contributed by atoms with E-state index < -0.39 is 0 Å². The average molecular weight is 407 g/mol. The maximum atomic E-state index is 10.1. The Morgan fingerprint density at radius 1 is 1.23 bits per heavy atom. The van der Waals surface area contributed by atoms with Crippen molar-refractivity contribution < 1.29 is 5.11 Å². The Hall–Kier alpha value is -2.69. The highest BCUT2D eigenvalue weighted by Crippen LogP contribution is 2.50. The molecule has 2 aliphatic carbocycles. The molecule has 0 radical (unpaired) electrons. The lowest BCUT2D eigenvalue weighted by molar-refractivity contribution is 0.429. The Morgan fingerprint density at radius 2 is 1.97 bits per heavy atom. The Labute approximate surface area is 180 Å². The second-order valence-electron chi connectivity index (χ2n) is 8.90. The minimum absolute atomic E-state index is 0.0861. The molecule has 0 aliphatic heterocycles. The van der Waals surface area contributed by atoms with Gasteiger partial charge in [0.2, 0.25) is 0 Å². The lowest BCUT2D eigenvalue weighted by Gasteiger charge is -2.23. The number of rotatable bonds is 9. The van der Waals surface area contributed by atoms with Crippen LogP contribution in [-0.4, -0.2) is 11.3 Å². The van der Waals surface area contributed by atoms with E-state index in [1.807, 2.05) is 12.1 Å². The van der Waals surface area contributed by atoms with Crippen LogP contribution in [0.4, 0.5) is 5.69 Å². The monoisotopic (exact) mass is 406 g/mol. The molecule has 30 heavy (non-hydrogen) atoms. The largest absolute Gasteiger partial charge is 0.508 e. The molecule has 2 fully saturated rings. The lowest BCUT2D eigenvalue weighted by Crippen LogP contribution is -2.11. The zero-order valence-corrected chi connectivity index (χ0v) is 18.1. The van der Waals surface area contributed by atoms with Crippen molar-refractivity contribution in [2.45, 2.75) is 58.3 Å². The van der Waals surface area contributed by atoms with E-state index in [4.69, 9.17) is 10.9 Å². The van der Waals surface area contributed by atoms with Crippen LogP contribution in [-0.2, 0) is 0 Å². The van der Waals surface area contributed by atoms with E-state index in [-0.39, 0.29) is 17.6 Å². The van der Waals surface area contributed by atoms with Crippen LogP contribution in [0, 0.1) is 28.7 Å². The standard InChI is InChI=1S/C25H34N4O/c1-16(2)12-24(29-27)21-14-22(21)25(23(15-26)17(3)30)28-20-11-7-10-19(13-20)18-8-5-4-6-9-18/h7,10-13,15-16,18,21-22,26-28,30H,3-6,8-9,14H2,1-2H3/b24-12-,25-23+,26-15?,29-27?. The Balaban J connectivity index is 1.88. The van der Waals surface area contributed by atoms with Crippen LogP contribution >= 0.6 is 0 Å². The maximum Gasteiger partial charge on any atom is 0.118 e. The highest BCUT2D eigenvalue weighted by Gasteiger charge is 2.44. The first kappa shape index (κ1) is 22.0. The summed E-state index contributed by atoms with van der Waals surface area (Å²) in [4.78, 5) is 0. The maximum absolute atomic E-state index is 10.1. The normalized spacial score (nSPS) is 23.0. The number of nitrogens with zero attached hydrogens (tertiary/aromatic N) is 1. The van der Waals surface area contributed by atoms with Crippen LogP contribution in [0.1, 0.15) is 63.9 Å². The van der Waals surface area contributed by atoms with Crippen molar-refractivity contribution in [1.29, 1.82) is 10.9 Å². The van der Waals surface area contributed by atoms with Crippen molar-refractivity contribution in [3.63, 3.8) is 0 Å². The smallest absolute Gasteiger partial charge is 0.118 e. The first-order valence-corrected chi connectivity index (χ1v) is 11.0. The summed E-state index contributed by atoms with van der Waals surface area (Å²) in [6.07, 6.45) is 10.4. The Bertz CT molecular complexity index is 862. The van der Waals surface area contributed by atoms with Crippen LogP contribution in [0.5, 0.6) is 0 Å². The van der Waals surface area contributed by atoms with Gasteiger partial charge in [0.05, 0.1) is 11.3 Å². The molecule has 0 saturated heterocycles. The molecule has 2 aliphatic rings. The second-order valence-corrected chi connectivity index (χ2v) is 8.90. The highest BCUT2D eigenvalue weighted by atomic mass is 16.3. The first-order chi connectivity index (χ1) is 14.4. The third-order valence-corrected chi connectivity index (χ3v) is 6.16. The van der Waals surface area contributed by atoms with Crippen molar-refractivity contribution in [2.24, 2.45) is 22.9 Å². The number of nitrogens with one attached hydrogen (secondary N) is 3. The van der Waals surface area contributed by atoms with Crippen LogP contribution < -0.4 is 5.32 Å². The molecular formula is C25H34N4O. The molecule has 1 aromatic rings. The van der Waals surface area contributed by atoms with Crippen molar-refractivity contribution in [2.75, 3.05) is 5.32 Å². The summed E-state index contributed by atoms with van der Waals surface area (Å²) in [7, 11) is 0. The van der Waals surface area contributed by atoms with Gasteiger partial charge in [-0.25, -0.2) is 5.53 Å². The van der Waals surface area contributed by atoms with Gasteiger partial charge in [-0.1, -0.05) is 57.9 Å². The van der Waals surface area contributed by atoms with E-state index in [1.165, 1.54) is 37.7 Å². The van der Waals surface area contributed by atoms with Gasteiger partial charge in [0.15, 0.2) is 0 Å². The van der Waals surface area contributed by atoms with Crippen molar-refractivity contribution >= 4 is 11.9 Å². The lowest BCUT2D eigenvalue weighted by atomic mass is 9.84. The topological polar surface area (TPSA) is 92.3 Å². The van der Waals surface area contributed by atoms with Crippen molar-refractivity contribution in [1.82, 2.24) is 0 Å². The summed E-state index contributed by atoms with van der Waals surface area (Å²) < 4.78 is 0. The number of allylic oxidation sites excluding steroid dienone is 4. The molecule has 2 unspecified atom stereocenters. The summed E-state index contributed by atoms with van der Waals surface area (Å²) in [6.45, 7) is 7.81. The molecule has 3 rings (SSSR count). The molecule has 2 saturated carbocycles. The van der Waals surface area contributed by atoms with Crippen LogP contribution in [0.2, 0.25) is 0 Å². The van der Waals surface area contributed by atoms with Crippen LogP contribution in [0.25, 0.3) is 0 Å². The number of hydrogen-bond acceptors (Lipinski definition) is 5. The van der Waals surface area contributed by atoms with Gasteiger partial charge in [0.25, 0.3) is 0 Å². The van der Waals surface area contributed by atoms with Crippen LogP contribution in [0.3, 0.4) is 0 Å². The fraction of sp³-hybridized carbons (Fsp3) is 0.480. The van der Waals surface area contributed by atoms with Gasteiger partial charge in [0.1, 0.15) is 5.76 Å². The average Bonchev–Trinajstić information content (AvgIpc) is 3.53.